The predicted molar refractivity (Wildman–Crippen MR) is 146 cm³/mol. The van der Waals surface area contributed by atoms with Gasteiger partial charge in [0.15, 0.2) is 0 Å². The summed E-state index contributed by atoms with van der Waals surface area (Å²) in [5.74, 6) is 1.29. The van der Waals surface area contributed by atoms with Crippen molar-refractivity contribution in [3.05, 3.63) is 126 Å². The second-order valence-corrected chi connectivity index (χ2v) is 9.59. The molecule has 1 saturated heterocycles. The minimum Gasteiger partial charge on any atom is -0.457 e. The van der Waals surface area contributed by atoms with Crippen LogP contribution in [0.1, 0.15) is 34.3 Å². The molecule has 5 heteroatoms. The number of piperidine rings is 1. The topological polar surface area (TPSA) is 32.8 Å². The first-order chi connectivity index (χ1) is 18.0. The summed E-state index contributed by atoms with van der Waals surface area (Å²) in [7, 11) is 0. The van der Waals surface area contributed by atoms with Crippen molar-refractivity contribution in [1.82, 2.24) is 4.90 Å². The lowest BCUT2D eigenvalue weighted by atomic mass is 10.00. The van der Waals surface area contributed by atoms with Crippen LogP contribution in [-0.2, 0) is 6.54 Å². The predicted octanol–water partition coefficient (Wildman–Crippen LogP) is 7.24. The number of likely N-dealkylation sites (tertiary alicyclic amines) is 1. The van der Waals surface area contributed by atoms with Gasteiger partial charge in [-0.05, 0) is 86.0 Å². The van der Waals surface area contributed by atoms with E-state index < -0.39 is 0 Å². The summed E-state index contributed by atoms with van der Waals surface area (Å²) >= 11 is 0. The van der Waals surface area contributed by atoms with Crippen LogP contribution in [-0.4, -0.2) is 29.9 Å². The van der Waals surface area contributed by atoms with Crippen LogP contribution in [0.2, 0.25) is 0 Å². The van der Waals surface area contributed by atoms with Crippen LogP contribution < -0.4 is 9.64 Å². The van der Waals surface area contributed by atoms with E-state index in [1.54, 1.807) is 12.1 Å². The molecule has 1 aliphatic heterocycles. The first-order valence-electron chi connectivity index (χ1n) is 12.8. The lowest BCUT2D eigenvalue weighted by Crippen LogP contribution is -2.47. The van der Waals surface area contributed by atoms with Crippen molar-refractivity contribution in [3.8, 4) is 11.5 Å². The molecule has 0 N–H and O–H groups in total. The van der Waals surface area contributed by atoms with Gasteiger partial charge in [-0.15, -0.1) is 0 Å². The van der Waals surface area contributed by atoms with E-state index in [2.05, 4.69) is 17.0 Å². The molecule has 1 aliphatic rings. The molecule has 5 rings (SSSR count). The summed E-state index contributed by atoms with van der Waals surface area (Å²) in [6.07, 6.45) is 1.68. The Balaban J connectivity index is 1.27. The molecule has 0 aromatic heterocycles. The first-order valence-corrected chi connectivity index (χ1v) is 12.8. The Morgan fingerprint density at radius 1 is 0.865 bits per heavy atom. The van der Waals surface area contributed by atoms with E-state index in [4.69, 9.17) is 4.74 Å². The van der Waals surface area contributed by atoms with E-state index in [0.29, 0.717) is 5.56 Å². The normalized spacial score (nSPS) is 14.3. The van der Waals surface area contributed by atoms with Gasteiger partial charge in [-0.2, -0.15) is 0 Å². The number of carbonyl (C=O) groups is 1. The highest BCUT2D eigenvalue weighted by atomic mass is 19.1. The Kier molecular flexibility index (Phi) is 7.62. The molecule has 1 fully saturated rings. The minimum atomic E-state index is -0.306. The molecule has 4 nitrogen and oxygen atoms in total. The minimum absolute atomic E-state index is 0.0447. The molecule has 0 saturated carbocycles. The Morgan fingerprint density at radius 3 is 2.24 bits per heavy atom. The van der Waals surface area contributed by atoms with E-state index in [-0.39, 0.29) is 17.8 Å². The first kappa shape index (κ1) is 24.7. The van der Waals surface area contributed by atoms with Gasteiger partial charge in [0.2, 0.25) is 0 Å². The quantitative estimate of drug-likeness (QED) is 0.272. The largest absolute Gasteiger partial charge is 0.457 e. The van der Waals surface area contributed by atoms with Gasteiger partial charge in [0, 0.05) is 36.9 Å². The summed E-state index contributed by atoms with van der Waals surface area (Å²) in [4.78, 5) is 17.9. The maximum atomic E-state index is 13.7. The number of nitrogens with zero attached hydrogens (tertiary/aromatic N) is 2. The Hall–Kier alpha value is -3.96. The number of carbonyl (C=O) groups excluding carboxylic acids is 1. The van der Waals surface area contributed by atoms with Crippen molar-refractivity contribution in [1.29, 1.82) is 0 Å². The van der Waals surface area contributed by atoms with Crippen LogP contribution in [0.15, 0.2) is 103 Å². The molecule has 188 valence electrons. The lowest BCUT2D eigenvalue weighted by molar-refractivity contribution is 0.0958. The Bertz CT molecular complexity index is 1320. The zero-order valence-electron chi connectivity index (χ0n) is 21.0. The number of hydrogen-bond donors (Lipinski definition) is 0. The maximum Gasteiger partial charge on any atom is 0.258 e. The standard InChI is InChI=1S/C32H31FN2O2/c1-24-10-12-26(13-11-24)32(36)35(28-16-14-27(33)15-17-28)29-18-20-34(21-19-29)23-25-6-5-9-31(22-25)37-30-7-3-2-4-8-30/h2-17,22,29H,18-21,23H2,1H3. The van der Waals surface area contributed by atoms with Gasteiger partial charge in [-0.3, -0.25) is 9.69 Å². The van der Waals surface area contributed by atoms with Crippen LogP contribution in [0.5, 0.6) is 11.5 Å². The van der Waals surface area contributed by atoms with Crippen molar-refractivity contribution in [3.63, 3.8) is 0 Å². The third-order valence-electron chi connectivity index (χ3n) is 6.83. The summed E-state index contributed by atoms with van der Waals surface area (Å²) in [5.41, 5.74) is 3.68. The van der Waals surface area contributed by atoms with Crippen LogP contribution >= 0.6 is 0 Å². The van der Waals surface area contributed by atoms with Crippen molar-refractivity contribution in [2.45, 2.75) is 32.4 Å². The second-order valence-electron chi connectivity index (χ2n) is 9.59. The average Bonchev–Trinajstić information content (AvgIpc) is 2.92. The Morgan fingerprint density at radius 2 is 1.54 bits per heavy atom. The fraction of sp³-hybridized carbons (Fsp3) is 0.219. The number of para-hydroxylation sites is 1. The molecule has 0 bridgehead atoms. The van der Waals surface area contributed by atoms with Gasteiger partial charge in [0.05, 0.1) is 0 Å². The smallest absolute Gasteiger partial charge is 0.258 e. The summed E-state index contributed by atoms with van der Waals surface area (Å²) in [6, 6.07) is 31.9. The van der Waals surface area contributed by atoms with E-state index in [1.165, 1.54) is 17.7 Å². The van der Waals surface area contributed by atoms with Crippen molar-refractivity contribution < 1.29 is 13.9 Å². The molecule has 0 atom stereocenters. The lowest BCUT2D eigenvalue weighted by Gasteiger charge is -2.38. The third-order valence-corrected chi connectivity index (χ3v) is 6.83. The summed E-state index contributed by atoms with van der Waals surface area (Å²) in [5, 5.41) is 0. The molecule has 4 aromatic rings. The number of ether oxygens (including phenoxy) is 1. The zero-order chi connectivity index (χ0) is 25.6. The van der Waals surface area contributed by atoms with Crippen molar-refractivity contribution >= 4 is 11.6 Å². The molecule has 0 radical (unpaired) electrons. The number of rotatable bonds is 7. The second kappa shape index (κ2) is 11.4. The highest BCUT2D eigenvalue weighted by Crippen LogP contribution is 2.28. The molecule has 0 spiro atoms. The van der Waals surface area contributed by atoms with Gasteiger partial charge in [0.1, 0.15) is 17.3 Å². The van der Waals surface area contributed by atoms with E-state index in [1.807, 2.05) is 78.6 Å². The molecule has 0 unspecified atom stereocenters. The summed E-state index contributed by atoms with van der Waals surface area (Å²) < 4.78 is 19.7. The van der Waals surface area contributed by atoms with Crippen LogP contribution in [0.3, 0.4) is 0 Å². The van der Waals surface area contributed by atoms with Gasteiger partial charge < -0.3 is 9.64 Å². The average molecular weight is 495 g/mol. The van der Waals surface area contributed by atoms with Gasteiger partial charge in [-0.25, -0.2) is 4.39 Å². The fourth-order valence-corrected chi connectivity index (χ4v) is 4.86. The molecule has 37 heavy (non-hydrogen) atoms. The van der Waals surface area contributed by atoms with Crippen molar-refractivity contribution in [2.75, 3.05) is 18.0 Å². The number of amides is 1. The van der Waals surface area contributed by atoms with Crippen LogP contribution in [0, 0.1) is 12.7 Å². The highest BCUT2D eigenvalue weighted by molar-refractivity contribution is 6.06. The number of anilines is 1. The van der Waals surface area contributed by atoms with Gasteiger partial charge in [0.25, 0.3) is 5.91 Å². The van der Waals surface area contributed by atoms with Gasteiger partial charge >= 0.3 is 0 Å². The molecule has 1 heterocycles. The van der Waals surface area contributed by atoms with Gasteiger partial charge in [-0.1, -0.05) is 48.0 Å². The molecule has 4 aromatic carbocycles. The van der Waals surface area contributed by atoms with E-state index >= 15 is 0 Å². The Labute approximate surface area is 217 Å². The molecule has 0 aliphatic carbocycles. The summed E-state index contributed by atoms with van der Waals surface area (Å²) in [6.45, 7) is 4.56. The molecule has 1 amide bonds. The number of halogens is 1. The fourth-order valence-electron chi connectivity index (χ4n) is 4.86. The number of benzene rings is 4. The SMILES string of the molecule is Cc1ccc(C(=O)N(c2ccc(F)cc2)C2CCN(Cc3cccc(Oc4ccccc4)c3)CC2)cc1. The molecular formula is C32H31FN2O2. The third kappa shape index (κ3) is 6.25. The molecular weight excluding hydrogens is 463 g/mol. The van der Waals surface area contributed by atoms with E-state index in [9.17, 15) is 9.18 Å². The van der Waals surface area contributed by atoms with Crippen LogP contribution in [0.4, 0.5) is 10.1 Å². The number of aryl methyl sites for hydroxylation is 1. The maximum absolute atomic E-state index is 13.7. The zero-order valence-corrected chi connectivity index (χ0v) is 21.0. The number of hydrogen-bond acceptors (Lipinski definition) is 3. The highest BCUT2D eigenvalue weighted by Gasteiger charge is 2.30. The van der Waals surface area contributed by atoms with Crippen molar-refractivity contribution in [2.24, 2.45) is 0 Å². The monoisotopic (exact) mass is 494 g/mol. The van der Waals surface area contributed by atoms with Crippen LogP contribution in [0.25, 0.3) is 0 Å². The van der Waals surface area contributed by atoms with E-state index in [0.717, 1.165) is 55.2 Å².